The molecule has 1 fully saturated rings. The second kappa shape index (κ2) is 11.6. The smallest absolute Gasteiger partial charge is 0.356 e. The van der Waals surface area contributed by atoms with Gasteiger partial charge >= 0.3 is 5.97 Å². The first-order valence-electron chi connectivity index (χ1n) is 11.6. The van der Waals surface area contributed by atoms with E-state index in [0.29, 0.717) is 12.2 Å². The number of aromatic nitrogens is 2. The highest BCUT2D eigenvalue weighted by molar-refractivity contribution is 5.85. The molecule has 2 atom stereocenters. The molecule has 2 N–H and O–H groups in total. The number of nitrogens with one attached hydrogen (secondary N) is 1. The molecule has 0 radical (unpaired) electrons. The molecule has 2 aromatic carbocycles. The van der Waals surface area contributed by atoms with Crippen molar-refractivity contribution in [2.75, 3.05) is 0 Å². The van der Waals surface area contributed by atoms with Crippen molar-refractivity contribution in [2.45, 2.75) is 57.6 Å². The maximum absolute atomic E-state index is 13.9. The zero-order valence-corrected chi connectivity index (χ0v) is 19.2. The molecule has 35 heavy (non-hydrogen) atoms. The van der Waals surface area contributed by atoms with Gasteiger partial charge in [0.15, 0.2) is 5.69 Å². The van der Waals surface area contributed by atoms with Gasteiger partial charge in [-0.2, -0.15) is 5.10 Å². The number of carbonyl (C=O) groups excluding carboxylic acids is 1. The molecule has 8 nitrogen and oxygen atoms in total. The van der Waals surface area contributed by atoms with Crippen molar-refractivity contribution in [2.24, 2.45) is 0 Å². The summed E-state index contributed by atoms with van der Waals surface area (Å²) in [6.45, 7) is 0.103. The molecular weight excluding hydrogens is 453 g/mol. The topological polar surface area (TPSA) is 103 Å². The standard InChI is InChI=1S/C26H28FN3O5/c27-20-11-5-4-10-19(20)17-35-25-14-22(26(32)33)29-30(25)15-24(31)28-21-12-6-7-13-23(21)34-16-18-8-2-1-3-9-18/h1-5,8-11,14,21,23H,6-7,12-13,15-17H2,(H,28,31)(H,32,33)/t21-,23-/m0/s1. The molecule has 1 aliphatic rings. The normalized spacial score (nSPS) is 17.6. The van der Waals surface area contributed by atoms with E-state index >= 15 is 0 Å². The number of aromatic carboxylic acids is 1. The van der Waals surface area contributed by atoms with Gasteiger partial charge in [0.1, 0.15) is 19.0 Å². The van der Waals surface area contributed by atoms with Gasteiger partial charge in [0.05, 0.1) is 18.8 Å². The number of carboxylic acids is 1. The average Bonchev–Trinajstić information content (AvgIpc) is 3.26. The van der Waals surface area contributed by atoms with Crippen LogP contribution in [0.15, 0.2) is 60.7 Å². The number of rotatable bonds is 10. The minimum absolute atomic E-state index is 0.0707. The highest BCUT2D eigenvalue weighted by Gasteiger charge is 2.28. The molecule has 1 saturated carbocycles. The van der Waals surface area contributed by atoms with E-state index in [0.717, 1.165) is 31.2 Å². The number of carboxylic acid groups (broad SMARTS) is 1. The van der Waals surface area contributed by atoms with Crippen molar-refractivity contribution in [3.8, 4) is 5.88 Å². The Morgan fingerprint density at radius 2 is 1.80 bits per heavy atom. The SMILES string of the molecule is O=C(Cn1nc(C(=O)O)cc1OCc1ccccc1F)N[C@H]1CCCC[C@@H]1OCc1ccccc1. The van der Waals surface area contributed by atoms with Gasteiger partial charge in [-0.1, -0.05) is 61.4 Å². The summed E-state index contributed by atoms with van der Waals surface area (Å²) in [4.78, 5) is 24.3. The first-order valence-corrected chi connectivity index (χ1v) is 11.6. The van der Waals surface area contributed by atoms with Crippen LogP contribution in [0, 0.1) is 5.82 Å². The van der Waals surface area contributed by atoms with Gasteiger partial charge in [0.25, 0.3) is 0 Å². The first-order chi connectivity index (χ1) is 17.0. The summed E-state index contributed by atoms with van der Waals surface area (Å²) in [7, 11) is 0. The molecule has 1 aromatic heterocycles. The van der Waals surface area contributed by atoms with Crippen LogP contribution in [0.2, 0.25) is 0 Å². The number of hydrogen-bond donors (Lipinski definition) is 2. The van der Waals surface area contributed by atoms with E-state index in [1.165, 1.54) is 16.8 Å². The monoisotopic (exact) mass is 481 g/mol. The molecular formula is C26H28FN3O5. The number of amides is 1. The fraction of sp³-hybridized carbons (Fsp3) is 0.346. The van der Waals surface area contributed by atoms with Gasteiger partial charge in [0, 0.05) is 11.6 Å². The van der Waals surface area contributed by atoms with E-state index < -0.39 is 11.8 Å². The second-order valence-corrected chi connectivity index (χ2v) is 8.50. The van der Waals surface area contributed by atoms with E-state index in [-0.39, 0.29) is 42.8 Å². The van der Waals surface area contributed by atoms with Gasteiger partial charge < -0.3 is 19.9 Å². The summed E-state index contributed by atoms with van der Waals surface area (Å²) in [5, 5.41) is 16.3. The van der Waals surface area contributed by atoms with Gasteiger partial charge in [0.2, 0.25) is 11.8 Å². The maximum Gasteiger partial charge on any atom is 0.356 e. The molecule has 0 unspecified atom stereocenters. The Labute approximate surface area is 202 Å². The van der Waals surface area contributed by atoms with Crippen LogP contribution in [-0.4, -0.2) is 38.9 Å². The minimum atomic E-state index is -1.25. The van der Waals surface area contributed by atoms with Crippen LogP contribution >= 0.6 is 0 Å². The Morgan fingerprint density at radius 1 is 1.06 bits per heavy atom. The van der Waals surface area contributed by atoms with Crippen LogP contribution in [-0.2, 0) is 29.3 Å². The lowest BCUT2D eigenvalue weighted by molar-refractivity contribution is -0.124. The molecule has 184 valence electrons. The van der Waals surface area contributed by atoms with Crippen LogP contribution in [0.5, 0.6) is 5.88 Å². The molecule has 0 spiro atoms. The van der Waals surface area contributed by atoms with Gasteiger partial charge in [-0.3, -0.25) is 4.79 Å². The zero-order chi connectivity index (χ0) is 24.6. The number of ether oxygens (including phenoxy) is 2. The van der Waals surface area contributed by atoms with Crippen molar-refractivity contribution in [1.82, 2.24) is 15.1 Å². The Balaban J connectivity index is 1.39. The Bertz CT molecular complexity index is 1150. The predicted molar refractivity (Wildman–Crippen MR) is 125 cm³/mol. The quantitative estimate of drug-likeness (QED) is 0.455. The van der Waals surface area contributed by atoms with Crippen LogP contribution < -0.4 is 10.1 Å². The van der Waals surface area contributed by atoms with Crippen LogP contribution in [0.3, 0.4) is 0 Å². The maximum atomic E-state index is 13.9. The molecule has 4 rings (SSSR count). The third-order valence-electron chi connectivity index (χ3n) is 5.94. The highest BCUT2D eigenvalue weighted by Crippen LogP contribution is 2.23. The Morgan fingerprint density at radius 3 is 2.57 bits per heavy atom. The van der Waals surface area contributed by atoms with Crippen LogP contribution in [0.25, 0.3) is 0 Å². The molecule has 0 aliphatic heterocycles. The van der Waals surface area contributed by atoms with Crippen molar-refractivity contribution < 1.29 is 28.6 Å². The third-order valence-corrected chi connectivity index (χ3v) is 5.94. The number of halogens is 1. The minimum Gasteiger partial charge on any atom is -0.476 e. The molecule has 1 amide bonds. The Kier molecular flexibility index (Phi) is 8.10. The van der Waals surface area contributed by atoms with E-state index in [9.17, 15) is 19.1 Å². The molecule has 0 bridgehead atoms. The summed E-state index contributed by atoms with van der Waals surface area (Å²) in [6, 6.07) is 17.1. The van der Waals surface area contributed by atoms with E-state index in [1.54, 1.807) is 18.2 Å². The lowest BCUT2D eigenvalue weighted by Gasteiger charge is -2.32. The number of benzene rings is 2. The Hall–Kier alpha value is -3.72. The fourth-order valence-electron chi connectivity index (χ4n) is 4.13. The second-order valence-electron chi connectivity index (χ2n) is 8.50. The van der Waals surface area contributed by atoms with E-state index in [4.69, 9.17) is 9.47 Å². The van der Waals surface area contributed by atoms with Crippen molar-refractivity contribution in [1.29, 1.82) is 0 Å². The largest absolute Gasteiger partial charge is 0.476 e. The molecule has 1 aliphatic carbocycles. The lowest BCUT2D eigenvalue weighted by Crippen LogP contribution is -2.47. The zero-order valence-electron chi connectivity index (χ0n) is 19.2. The predicted octanol–water partition coefficient (Wildman–Crippen LogP) is 3.94. The van der Waals surface area contributed by atoms with Crippen LogP contribution in [0.4, 0.5) is 4.39 Å². The molecule has 3 aromatic rings. The summed E-state index contributed by atoms with van der Waals surface area (Å²) in [6.07, 6.45) is 3.54. The van der Waals surface area contributed by atoms with Gasteiger partial charge in [-0.05, 0) is 24.5 Å². The van der Waals surface area contributed by atoms with E-state index in [1.807, 2.05) is 30.3 Å². The summed E-state index contributed by atoms with van der Waals surface area (Å²) < 4.78 is 26.9. The van der Waals surface area contributed by atoms with Gasteiger partial charge in [-0.15, -0.1) is 0 Å². The van der Waals surface area contributed by atoms with Crippen molar-refractivity contribution in [3.05, 3.63) is 83.3 Å². The lowest BCUT2D eigenvalue weighted by atomic mass is 9.92. The fourth-order valence-corrected chi connectivity index (χ4v) is 4.13. The van der Waals surface area contributed by atoms with Crippen LogP contribution in [0.1, 0.15) is 47.3 Å². The number of nitrogens with zero attached hydrogens (tertiary/aromatic N) is 2. The average molecular weight is 482 g/mol. The van der Waals surface area contributed by atoms with Crippen molar-refractivity contribution >= 4 is 11.9 Å². The first kappa shape index (κ1) is 24.4. The van der Waals surface area contributed by atoms with E-state index in [2.05, 4.69) is 10.4 Å². The summed E-state index contributed by atoms with van der Waals surface area (Å²) >= 11 is 0. The molecule has 9 heteroatoms. The number of hydrogen-bond acceptors (Lipinski definition) is 5. The highest BCUT2D eigenvalue weighted by atomic mass is 19.1. The third kappa shape index (κ3) is 6.66. The molecule has 0 saturated heterocycles. The summed E-state index contributed by atoms with van der Waals surface area (Å²) in [5.74, 6) is -1.95. The summed E-state index contributed by atoms with van der Waals surface area (Å²) in [5.41, 5.74) is 1.11. The number of carbonyl (C=O) groups is 2. The van der Waals surface area contributed by atoms with Crippen molar-refractivity contribution in [3.63, 3.8) is 0 Å². The molecule has 1 heterocycles. The van der Waals surface area contributed by atoms with Gasteiger partial charge in [-0.25, -0.2) is 13.9 Å².